The van der Waals surface area contributed by atoms with Crippen LogP contribution in [0.4, 0.5) is 0 Å². The smallest absolute Gasteiger partial charge is 0.309 e. The predicted octanol–water partition coefficient (Wildman–Crippen LogP) is 3.70. The molecule has 8 heteroatoms. The van der Waals surface area contributed by atoms with Gasteiger partial charge in [-0.2, -0.15) is 0 Å². The molecule has 0 aromatic carbocycles. The van der Waals surface area contributed by atoms with E-state index < -0.39 is 36.1 Å². The molecule has 0 unspecified atom stereocenters. The van der Waals surface area contributed by atoms with Crippen molar-refractivity contribution in [3.63, 3.8) is 0 Å². The highest BCUT2D eigenvalue weighted by atomic mass is 32.1. The van der Waals surface area contributed by atoms with Gasteiger partial charge in [-0.05, 0) is 44.3 Å². The zero-order valence-corrected chi connectivity index (χ0v) is 21.0. The molecule has 2 aliphatic rings. The summed E-state index contributed by atoms with van der Waals surface area (Å²) in [6.45, 7) is 9.10. The molecule has 33 heavy (non-hydrogen) atoms. The highest BCUT2D eigenvalue weighted by Crippen LogP contribution is 2.35. The Kier molecular flexibility index (Phi) is 8.83. The Morgan fingerprint density at radius 2 is 1.88 bits per heavy atom. The van der Waals surface area contributed by atoms with Gasteiger partial charge in [0.05, 0.1) is 41.5 Å². The summed E-state index contributed by atoms with van der Waals surface area (Å²) in [5.41, 5.74) is 1.69. The summed E-state index contributed by atoms with van der Waals surface area (Å²) in [4.78, 5) is 30.0. The Labute approximate surface area is 200 Å². The van der Waals surface area contributed by atoms with Crippen LogP contribution in [0.25, 0.3) is 6.08 Å². The monoisotopic (exact) mass is 479 g/mol. The molecular formula is C25H37NO6S. The number of hydrogen-bond donors (Lipinski definition) is 2. The molecule has 3 heterocycles. The van der Waals surface area contributed by atoms with E-state index in [1.54, 1.807) is 25.2 Å². The van der Waals surface area contributed by atoms with Gasteiger partial charge < -0.3 is 19.7 Å². The van der Waals surface area contributed by atoms with Crippen LogP contribution in [-0.4, -0.2) is 57.5 Å². The molecule has 2 fully saturated rings. The lowest BCUT2D eigenvalue weighted by molar-refractivity contribution is -0.151. The van der Waals surface area contributed by atoms with Crippen molar-refractivity contribution in [1.82, 2.24) is 4.98 Å². The van der Waals surface area contributed by atoms with E-state index >= 15 is 0 Å². The molecule has 8 atom stereocenters. The standard InChI is InChI=1S/C25H37NO6S/c1-13-7-6-8-20-22(31-20)11-21(14(2)9-18-12-33-17(5)26-18)32-23(28)10-19(27)15(3)25(30)16(4)24(13)29/h9,12-13,15-16,19-22,24,27,29H,6-8,10-11H2,1-5H3/t13-,15-,16+,19-,20+,21-,22-,24-/m0/s1. The molecule has 0 aliphatic carbocycles. The van der Waals surface area contributed by atoms with Gasteiger partial charge in [-0.1, -0.05) is 27.2 Å². The highest BCUT2D eigenvalue weighted by Gasteiger charge is 2.42. The van der Waals surface area contributed by atoms with Gasteiger partial charge in [0.25, 0.3) is 0 Å². The van der Waals surface area contributed by atoms with Crippen molar-refractivity contribution in [2.75, 3.05) is 0 Å². The first-order valence-electron chi connectivity index (χ1n) is 11.9. The van der Waals surface area contributed by atoms with Gasteiger partial charge >= 0.3 is 5.97 Å². The van der Waals surface area contributed by atoms with Crippen molar-refractivity contribution in [2.45, 2.75) is 97.2 Å². The summed E-state index contributed by atoms with van der Waals surface area (Å²) >= 11 is 1.56. The molecule has 2 aliphatic heterocycles. The third-order valence-corrected chi connectivity index (χ3v) is 7.81. The molecule has 3 rings (SSSR count). The lowest BCUT2D eigenvalue weighted by Crippen LogP contribution is -2.39. The molecular weight excluding hydrogens is 442 g/mol. The van der Waals surface area contributed by atoms with E-state index in [-0.39, 0.29) is 30.3 Å². The van der Waals surface area contributed by atoms with E-state index in [4.69, 9.17) is 9.47 Å². The van der Waals surface area contributed by atoms with E-state index in [1.807, 2.05) is 32.2 Å². The van der Waals surface area contributed by atoms with Crippen LogP contribution in [0.3, 0.4) is 0 Å². The fourth-order valence-corrected chi connectivity index (χ4v) is 5.15. The van der Waals surface area contributed by atoms with Crippen molar-refractivity contribution in [1.29, 1.82) is 0 Å². The van der Waals surface area contributed by atoms with Gasteiger partial charge in [0.2, 0.25) is 0 Å². The number of carbonyl (C=O) groups is 2. The van der Waals surface area contributed by atoms with E-state index in [0.717, 1.165) is 35.5 Å². The van der Waals surface area contributed by atoms with E-state index in [1.165, 1.54) is 0 Å². The van der Waals surface area contributed by atoms with Crippen molar-refractivity contribution >= 4 is 29.2 Å². The Morgan fingerprint density at radius 3 is 2.55 bits per heavy atom. The summed E-state index contributed by atoms with van der Waals surface area (Å²) in [7, 11) is 0. The second kappa shape index (κ2) is 11.2. The van der Waals surface area contributed by atoms with Crippen LogP contribution < -0.4 is 0 Å². The van der Waals surface area contributed by atoms with Gasteiger partial charge in [-0.3, -0.25) is 9.59 Å². The SMILES string of the molecule is CC(=Cc1csc(C)n1)[C@@H]1C[C@@H]2O[C@@H]2CCC[C@H](C)[C@H](O)[C@@H](C)C(=O)[C@@H](C)[C@@H](O)CC(=O)O1. The number of esters is 1. The van der Waals surface area contributed by atoms with Gasteiger partial charge in [0.1, 0.15) is 11.9 Å². The second-order valence-electron chi connectivity index (χ2n) is 9.76. The first-order valence-corrected chi connectivity index (χ1v) is 12.8. The maximum Gasteiger partial charge on any atom is 0.309 e. The molecule has 7 nitrogen and oxygen atoms in total. The first kappa shape index (κ1) is 26.0. The van der Waals surface area contributed by atoms with E-state index in [9.17, 15) is 19.8 Å². The quantitative estimate of drug-likeness (QED) is 0.492. The fourth-order valence-electron chi connectivity index (χ4n) is 4.58. The number of aryl methyl sites for hydroxylation is 1. The second-order valence-corrected chi connectivity index (χ2v) is 10.8. The number of nitrogens with zero attached hydrogens (tertiary/aromatic N) is 1. The summed E-state index contributed by atoms with van der Waals surface area (Å²) in [5.74, 6) is -2.22. The topological polar surface area (TPSA) is 109 Å². The average Bonchev–Trinajstić information content (AvgIpc) is 3.38. The number of aliphatic hydroxyl groups excluding tert-OH is 2. The van der Waals surface area contributed by atoms with Crippen LogP contribution in [0.15, 0.2) is 11.0 Å². The molecule has 2 N–H and O–H groups in total. The van der Waals surface area contributed by atoms with Crippen LogP contribution in [0, 0.1) is 24.7 Å². The highest BCUT2D eigenvalue weighted by molar-refractivity contribution is 7.09. The Balaban J connectivity index is 1.77. The number of ether oxygens (including phenoxy) is 2. The number of fused-ring (bicyclic) bond motifs is 1. The van der Waals surface area contributed by atoms with Crippen molar-refractivity contribution < 1.29 is 29.3 Å². The molecule has 184 valence electrons. The summed E-state index contributed by atoms with van der Waals surface area (Å²) < 4.78 is 11.6. The normalized spacial score (nSPS) is 37.4. The zero-order valence-electron chi connectivity index (χ0n) is 20.2. The van der Waals surface area contributed by atoms with Crippen molar-refractivity contribution in [3.8, 4) is 0 Å². The molecule has 0 radical (unpaired) electrons. The number of rotatable bonds is 2. The lowest BCUT2D eigenvalue weighted by atomic mass is 9.81. The number of aromatic nitrogens is 1. The fraction of sp³-hybridized carbons (Fsp3) is 0.720. The number of epoxide rings is 1. The maximum atomic E-state index is 12.8. The van der Waals surface area contributed by atoms with Gasteiger partial charge in [0, 0.05) is 23.6 Å². The van der Waals surface area contributed by atoms with Gasteiger partial charge in [0.15, 0.2) is 0 Å². The average molecular weight is 480 g/mol. The molecule has 0 amide bonds. The number of carbonyl (C=O) groups excluding carboxylic acids is 2. The zero-order chi connectivity index (χ0) is 24.3. The van der Waals surface area contributed by atoms with Crippen molar-refractivity contribution in [3.05, 3.63) is 21.7 Å². The number of thiazole rings is 1. The van der Waals surface area contributed by atoms with Crippen LogP contribution in [0.1, 0.15) is 70.5 Å². The molecule has 1 aromatic heterocycles. The van der Waals surface area contributed by atoms with Crippen molar-refractivity contribution in [2.24, 2.45) is 17.8 Å². The number of cyclic esters (lactones) is 1. The molecule has 2 saturated heterocycles. The number of aliphatic hydroxyl groups is 2. The van der Waals surface area contributed by atoms with Crippen LogP contribution >= 0.6 is 11.3 Å². The van der Waals surface area contributed by atoms with E-state index in [2.05, 4.69) is 4.98 Å². The molecule has 0 saturated carbocycles. The first-order chi connectivity index (χ1) is 15.6. The third-order valence-electron chi connectivity index (χ3n) is 7.02. The largest absolute Gasteiger partial charge is 0.458 e. The van der Waals surface area contributed by atoms with E-state index in [0.29, 0.717) is 6.42 Å². The minimum atomic E-state index is -1.17. The summed E-state index contributed by atoms with van der Waals surface area (Å²) in [5, 5.41) is 24.1. The Bertz CT molecular complexity index is 867. The minimum absolute atomic E-state index is 0.0146. The molecule has 0 spiro atoms. The van der Waals surface area contributed by atoms with Gasteiger partial charge in [-0.25, -0.2) is 4.98 Å². The minimum Gasteiger partial charge on any atom is -0.458 e. The number of hydrogen-bond acceptors (Lipinski definition) is 8. The third kappa shape index (κ3) is 6.94. The summed E-state index contributed by atoms with van der Waals surface area (Å²) in [6.07, 6.45) is 2.43. The number of Topliss-reactive ketones (excluding diaryl/α,β-unsaturated/α-hetero) is 1. The van der Waals surface area contributed by atoms with Crippen LogP contribution in [0.5, 0.6) is 0 Å². The number of ketones is 1. The molecule has 0 bridgehead atoms. The lowest BCUT2D eigenvalue weighted by Gasteiger charge is -2.28. The molecule has 1 aromatic rings. The van der Waals surface area contributed by atoms with Crippen LogP contribution in [0.2, 0.25) is 0 Å². The van der Waals surface area contributed by atoms with Gasteiger partial charge in [-0.15, -0.1) is 11.3 Å². The maximum absolute atomic E-state index is 12.8. The predicted molar refractivity (Wildman–Crippen MR) is 127 cm³/mol. The Morgan fingerprint density at radius 1 is 1.15 bits per heavy atom. The van der Waals surface area contributed by atoms with Crippen LogP contribution in [-0.2, 0) is 19.1 Å². The summed E-state index contributed by atoms with van der Waals surface area (Å²) in [6, 6.07) is 0. The Hall–Kier alpha value is -1.61.